The number of carbonyl (C=O) groups excluding carboxylic acids is 1. The van der Waals surface area contributed by atoms with Gasteiger partial charge in [0.25, 0.3) is 0 Å². The third-order valence-corrected chi connectivity index (χ3v) is 4.22. The van der Waals surface area contributed by atoms with Crippen LogP contribution in [-0.4, -0.2) is 29.9 Å². The van der Waals surface area contributed by atoms with E-state index in [0.717, 1.165) is 5.56 Å². The average molecular weight is 424 g/mol. The molecule has 3 N–H and O–H groups in total. The van der Waals surface area contributed by atoms with Crippen LogP contribution in [0, 0.1) is 6.92 Å². The minimum atomic E-state index is -4.69. The maximum Gasteiger partial charge on any atom is 0.418 e. The van der Waals surface area contributed by atoms with Crippen molar-refractivity contribution in [3.63, 3.8) is 0 Å². The van der Waals surface area contributed by atoms with E-state index in [9.17, 15) is 22.8 Å². The number of hydrogen-bond donors (Lipinski definition) is 3. The van der Waals surface area contributed by atoms with Gasteiger partial charge in [-0.05, 0) is 44.0 Å². The number of alkyl halides is 3. The Morgan fingerprint density at radius 1 is 1.10 bits per heavy atom. The first-order valence-electron chi connectivity index (χ1n) is 9.27. The first-order valence-corrected chi connectivity index (χ1v) is 9.27. The number of benzene rings is 2. The van der Waals surface area contributed by atoms with Crippen molar-refractivity contribution in [3.8, 4) is 0 Å². The van der Waals surface area contributed by atoms with E-state index in [1.807, 2.05) is 6.92 Å². The molecule has 162 valence electrons. The van der Waals surface area contributed by atoms with Gasteiger partial charge in [-0.3, -0.25) is 4.79 Å². The number of anilines is 2. The molecule has 1 atom stereocenters. The largest absolute Gasteiger partial charge is 0.481 e. The van der Waals surface area contributed by atoms with E-state index in [-0.39, 0.29) is 30.7 Å². The van der Waals surface area contributed by atoms with Crippen molar-refractivity contribution >= 4 is 23.4 Å². The summed E-state index contributed by atoms with van der Waals surface area (Å²) in [6.07, 6.45) is -7.01. The average Bonchev–Trinajstić information content (AvgIpc) is 2.66. The van der Waals surface area contributed by atoms with Gasteiger partial charge in [0, 0.05) is 30.0 Å². The van der Waals surface area contributed by atoms with Gasteiger partial charge in [0.15, 0.2) is 6.10 Å². The fraction of sp³-hybridized carbons (Fsp3) is 0.333. The van der Waals surface area contributed by atoms with Crippen LogP contribution in [0.3, 0.4) is 0 Å². The van der Waals surface area contributed by atoms with Gasteiger partial charge < -0.3 is 20.5 Å². The van der Waals surface area contributed by atoms with Crippen LogP contribution >= 0.6 is 0 Å². The summed E-state index contributed by atoms with van der Waals surface area (Å²) in [5, 5.41) is 13.8. The number of halogens is 3. The van der Waals surface area contributed by atoms with Crippen LogP contribution in [-0.2, 0) is 16.0 Å². The number of aliphatic carboxylic acids is 1. The Hall–Kier alpha value is -3.07. The summed E-state index contributed by atoms with van der Waals surface area (Å²) >= 11 is 0. The number of amides is 2. The molecule has 0 heterocycles. The van der Waals surface area contributed by atoms with Crippen molar-refractivity contribution in [1.82, 2.24) is 0 Å². The van der Waals surface area contributed by atoms with E-state index < -0.39 is 24.3 Å². The van der Waals surface area contributed by atoms with E-state index in [1.54, 1.807) is 24.3 Å². The lowest BCUT2D eigenvalue weighted by Gasteiger charge is -2.24. The third kappa shape index (κ3) is 6.77. The molecular formula is C21H23F3N2O4. The number of nitrogens with one attached hydrogen (secondary N) is 2. The standard InChI is InChI=1S/C21H23F3N2O4/c1-3-30-19(21(22,23)24)16-10-6-14(7-11-18(27)28)12-17(16)26-20(29)25-15-8-4-13(2)5-9-15/h4-6,8-10,12,19H,3,7,11H2,1-2H3,(H,27,28)(H2,25,26,29)/t19-/m0/s1. The first-order chi connectivity index (χ1) is 14.1. The molecular weight excluding hydrogens is 401 g/mol. The maximum absolute atomic E-state index is 13.5. The highest BCUT2D eigenvalue weighted by Crippen LogP contribution is 2.39. The zero-order chi connectivity index (χ0) is 22.3. The fourth-order valence-electron chi connectivity index (χ4n) is 2.80. The molecule has 0 aliphatic carbocycles. The first kappa shape index (κ1) is 23.2. The molecule has 0 bridgehead atoms. The molecule has 0 fully saturated rings. The second kappa shape index (κ2) is 10.1. The van der Waals surface area contributed by atoms with Crippen molar-refractivity contribution in [1.29, 1.82) is 0 Å². The van der Waals surface area contributed by atoms with Gasteiger partial charge in [-0.2, -0.15) is 13.2 Å². The predicted molar refractivity (Wildman–Crippen MR) is 107 cm³/mol. The van der Waals surface area contributed by atoms with Crippen LogP contribution in [0.25, 0.3) is 0 Å². The van der Waals surface area contributed by atoms with Crippen molar-refractivity contribution < 1.29 is 32.6 Å². The van der Waals surface area contributed by atoms with E-state index in [0.29, 0.717) is 11.3 Å². The van der Waals surface area contributed by atoms with Crippen LogP contribution in [0.4, 0.5) is 29.3 Å². The smallest absolute Gasteiger partial charge is 0.418 e. The number of hydrogen-bond acceptors (Lipinski definition) is 3. The molecule has 2 amide bonds. The van der Waals surface area contributed by atoms with Crippen LogP contribution in [0.1, 0.15) is 36.1 Å². The molecule has 0 aliphatic heterocycles. The number of urea groups is 1. The lowest BCUT2D eigenvalue weighted by atomic mass is 10.0. The number of carbonyl (C=O) groups is 2. The molecule has 9 heteroatoms. The van der Waals surface area contributed by atoms with E-state index >= 15 is 0 Å². The van der Waals surface area contributed by atoms with Crippen LogP contribution < -0.4 is 10.6 Å². The number of rotatable bonds is 8. The topological polar surface area (TPSA) is 87.7 Å². The van der Waals surface area contributed by atoms with Crippen molar-refractivity contribution in [3.05, 3.63) is 59.2 Å². The van der Waals surface area contributed by atoms with Crippen LogP contribution in [0.5, 0.6) is 0 Å². The van der Waals surface area contributed by atoms with E-state index in [4.69, 9.17) is 9.84 Å². The van der Waals surface area contributed by atoms with E-state index in [2.05, 4.69) is 10.6 Å². The molecule has 0 saturated heterocycles. The SMILES string of the molecule is CCO[C@@H](c1ccc(CCC(=O)O)cc1NC(=O)Nc1ccc(C)cc1)C(F)(F)F. The molecule has 30 heavy (non-hydrogen) atoms. The van der Waals surface area contributed by atoms with Gasteiger partial charge in [0.05, 0.1) is 0 Å². The Labute approximate surface area is 172 Å². The molecule has 0 spiro atoms. The normalized spacial score (nSPS) is 12.3. The molecule has 0 aromatic heterocycles. The molecule has 2 aromatic carbocycles. The van der Waals surface area contributed by atoms with E-state index in [1.165, 1.54) is 25.1 Å². The van der Waals surface area contributed by atoms with Gasteiger partial charge in [0.2, 0.25) is 0 Å². The van der Waals surface area contributed by atoms with Crippen molar-refractivity contribution in [2.24, 2.45) is 0 Å². The summed E-state index contributed by atoms with van der Waals surface area (Å²) in [6.45, 7) is 3.14. The zero-order valence-corrected chi connectivity index (χ0v) is 16.5. The Balaban J connectivity index is 2.33. The Kier molecular flexibility index (Phi) is 7.82. The van der Waals surface area contributed by atoms with Crippen LogP contribution in [0.2, 0.25) is 0 Å². The summed E-state index contributed by atoms with van der Waals surface area (Å²) in [5.41, 5.74) is 1.57. The third-order valence-electron chi connectivity index (χ3n) is 4.22. The van der Waals surface area contributed by atoms with Crippen molar-refractivity contribution in [2.75, 3.05) is 17.2 Å². The highest BCUT2D eigenvalue weighted by atomic mass is 19.4. The highest BCUT2D eigenvalue weighted by Gasteiger charge is 2.43. The summed E-state index contributed by atoms with van der Waals surface area (Å²) < 4.78 is 45.4. The number of carboxylic acid groups (broad SMARTS) is 1. The number of aryl methyl sites for hydroxylation is 2. The fourth-order valence-corrected chi connectivity index (χ4v) is 2.80. The van der Waals surface area contributed by atoms with Crippen molar-refractivity contribution in [2.45, 2.75) is 39.0 Å². The van der Waals surface area contributed by atoms with Gasteiger partial charge in [-0.1, -0.05) is 29.8 Å². The maximum atomic E-state index is 13.5. The Bertz CT molecular complexity index is 883. The molecule has 2 rings (SSSR count). The van der Waals surface area contributed by atoms with Crippen LogP contribution in [0.15, 0.2) is 42.5 Å². The molecule has 0 aliphatic rings. The second-order valence-corrected chi connectivity index (χ2v) is 6.64. The lowest BCUT2D eigenvalue weighted by Crippen LogP contribution is -2.27. The van der Waals surface area contributed by atoms with Gasteiger partial charge in [-0.25, -0.2) is 4.79 Å². The molecule has 0 saturated carbocycles. The molecule has 0 radical (unpaired) electrons. The van der Waals surface area contributed by atoms with Gasteiger partial charge >= 0.3 is 18.2 Å². The monoisotopic (exact) mass is 424 g/mol. The second-order valence-electron chi connectivity index (χ2n) is 6.64. The summed E-state index contributed by atoms with van der Waals surface area (Å²) in [5.74, 6) is -1.03. The predicted octanol–water partition coefficient (Wildman–Crippen LogP) is 5.30. The quantitative estimate of drug-likeness (QED) is 0.537. The zero-order valence-electron chi connectivity index (χ0n) is 16.5. The highest BCUT2D eigenvalue weighted by molar-refractivity contribution is 6.00. The number of ether oxygens (including phenoxy) is 1. The minimum absolute atomic E-state index is 0.0988. The Morgan fingerprint density at radius 2 is 1.77 bits per heavy atom. The summed E-state index contributed by atoms with van der Waals surface area (Å²) in [6, 6.07) is 10.1. The van der Waals surface area contributed by atoms with Gasteiger partial charge in [0.1, 0.15) is 0 Å². The molecule has 2 aromatic rings. The molecule has 0 unspecified atom stereocenters. The summed E-state index contributed by atoms with van der Waals surface area (Å²) in [4.78, 5) is 23.2. The minimum Gasteiger partial charge on any atom is -0.481 e. The Morgan fingerprint density at radius 3 is 2.33 bits per heavy atom. The van der Waals surface area contributed by atoms with Gasteiger partial charge in [-0.15, -0.1) is 0 Å². The summed E-state index contributed by atoms with van der Waals surface area (Å²) in [7, 11) is 0. The number of carboxylic acids is 1. The molecule has 6 nitrogen and oxygen atoms in total. The lowest BCUT2D eigenvalue weighted by molar-refractivity contribution is -0.222.